The number of halogens is 2. The standard InChI is InChI=1S/C7H6Cl2.Mg.2H/c8-5-6-1-3-7(9)4-2-6;;;/h1-4H,5H2;;;/q;+2;2*-1. The summed E-state index contributed by atoms with van der Waals surface area (Å²) < 4.78 is 0. The van der Waals surface area contributed by atoms with Crippen molar-refractivity contribution in [2.24, 2.45) is 0 Å². The molecule has 0 heterocycles. The minimum Gasteiger partial charge on any atom is -1.00 e. The van der Waals surface area contributed by atoms with E-state index in [0.29, 0.717) is 5.88 Å². The van der Waals surface area contributed by atoms with E-state index in [0.717, 1.165) is 10.6 Å². The quantitative estimate of drug-likeness (QED) is 0.468. The van der Waals surface area contributed by atoms with Gasteiger partial charge < -0.3 is 2.85 Å². The molecular weight excluding hydrogens is 179 g/mol. The van der Waals surface area contributed by atoms with Gasteiger partial charge in [0.05, 0.1) is 0 Å². The number of alkyl halides is 1. The van der Waals surface area contributed by atoms with Crippen LogP contribution in [0, 0.1) is 0 Å². The smallest absolute Gasteiger partial charge is 1.00 e. The fourth-order valence-electron chi connectivity index (χ4n) is 0.573. The third-order valence-electron chi connectivity index (χ3n) is 1.07. The van der Waals surface area contributed by atoms with E-state index in [1.54, 1.807) is 0 Å². The van der Waals surface area contributed by atoms with Gasteiger partial charge in [0.2, 0.25) is 0 Å². The van der Waals surface area contributed by atoms with Gasteiger partial charge in [-0.1, -0.05) is 23.7 Å². The Morgan fingerprint density at radius 2 is 1.70 bits per heavy atom. The van der Waals surface area contributed by atoms with Gasteiger partial charge in [0.25, 0.3) is 0 Å². The van der Waals surface area contributed by atoms with Crippen LogP contribution < -0.4 is 0 Å². The van der Waals surface area contributed by atoms with E-state index in [4.69, 9.17) is 23.2 Å². The van der Waals surface area contributed by atoms with Crippen LogP contribution in [0.4, 0.5) is 0 Å². The van der Waals surface area contributed by atoms with Crippen molar-refractivity contribution in [2.75, 3.05) is 0 Å². The first kappa shape index (κ1) is 10.6. The van der Waals surface area contributed by atoms with E-state index in [1.165, 1.54) is 0 Å². The molecule has 0 aliphatic carbocycles. The van der Waals surface area contributed by atoms with E-state index in [-0.39, 0.29) is 25.9 Å². The maximum Gasteiger partial charge on any atom is 2.00 e. The third-order valence-corrected chi connectivity index (χ3v) is 1.63. The molecule has 1 rings (SSSR count). The SMILES string of the molecule is ClCc1ccc(Cl)cc1.[H-].[H-].[Mg+2]. The van der Waals surface area contributed by atoms with Crippen molar-refractivity contribution in [3.8, 4) is 0 Å². The van der Waals surface area contributed by atoms with Crippen LogP contribution in [0.25, 0.3) is 0 Å². The molecule has 0 atom stereocenters. The van der Waals surface area contributed by atoms with E-state index in [2.05, 4.69) is 0 Å². The zero-order chi connectivity index (χ0) is 6.69. The monoisotopic (exact) mass is 186 g/mol. The van der Waals surface area contributed by atoms with Crippen LogP contribution in [0.1, 0.15) is 8.42 Å². The van der Waals surface area contributed by atoms with Gasteiger partial charge in [-0.3, -0.25) is 0 Å². The molecule has 52 valence electrons. The van der Waals surface area contributed by atoms with Gasteiger partial charge in [-0.25, -0.2) is 0 Å². The summed E-state index contributed by atoms with van der Waals surface area (Å²) in [5, 5.41) is 0.754. The van der Waals surface area contributed by atoms with Crippen molar-refractivity contribution < 1.29 is 2.85 Å². The summed E-state index contributed by atoms with van der Waals surface area (Å²) in [5.74, 6) is 0.553. The first-order valence-electron chi connectivity index (χ1n) is 2.63. The fraction of sp³-hybridized carbons (Fsp3) is 0.143. The van der Waals surface area contributed by atoms with E-state index >= 15 is 0 Å². The predicted octanol–water partition coefficient (Wildman–Crippen LogP) is 2.92. The molecule has 0 spiro atoms. The Morgan fingerprint density at radius 1 is 1.20 bits per heavy atom. The summed E-state index contributed by atoms with van der Waals surface area (Å²) in [6, 6.07) is 7.49. The van der Waals surface area contributed by atoms with Gasteiger partial charge in [0, 0.05) is 10.9 Å². The first-order valence-corrected chi connectivity index (χ1v) is 3.54. The van der Waals surface area contributed by atoms with E-state index < -0.39 is 0 Å². The molecule has 0 amide bonds. The van der Waals surface area contributed by atoms with Crippen molar-refractivity contribution in [3.05, 3.63) is 34.9 Å². The van der Waals surface area contributed by atoms with Crippen LogP contribution in [0.15, 0.2) is 24.3 Å². The molecule has 0 aliphatic heterocycles. The van der Waals surface area contributed by atoms with Crippen LogP contribution in [-0.4, -0.2) is 23.1 Å². The summed E-state index contributed by atoms with van der Waals surface area (Å²) in [5.41, 5.74) is 1.10. The number of benzene rings is 1. The molecule has 0 bridgehead atoms. The summed E-state index contributed by atoms with van der Waals surface area (Å²) in [6.45, 7) is 0. The molecule has 1 aromatic rings. The summed E-state index contributed by atoms with van der Waals surface area (Å²) in [4.78, 5) is 0. The second-order valence-electron chi connectivity index (χ2n) is 1.76. The van der Waals surface area contributed by atoms with Crippen molar-refractivity contribution in [1.29, 1.82) is 0 Å². The maximum atomic E-state index is 5.63. The molecule has 0 N–H and O–H groups in total. The fourth-order valence-corrected chi connectivity index (χ4v) is 0.878. The summed E-state index contributed by atoms with van der Waals surface area (Å²) in [6.07, 6.45) is 0. The Morgan fingerprint density at radius 3 is 2.10 bits per heavy atom. The van der Waals surface area contributed by atoms with Gasteiger partial charge in [0.1, 0.15) is 0 Å². The molecule has 0 nitrogen and oxygen atoms in total. The first-order chi connectivity index (χ1) is 4.33. The molecule has 0 aromatic heterocycles. The van der Waals surface area contributed by atoms with Gasteiger partial charge >= 0.3 is 23.1 Å². The average molecular weight is 187 g/mol. The van der Waals surface area contributed by atoms with Crippen molar-refractivity contribution >= 4 is 46.3 Å². The van der Waals surface area contributed by atoms with Crippen molar-refractivity contribution in [2.45, 2.75) is 5.88 Å². The van der Waals surface area contributed by atoms with Crippen molar-refractivity contribution in [1.82, 2.24) is 0 Å². The predicted molar refractivity (Wildman–Crippen MR) is 49.0 cm³/mol. The van der Waals surface area contributed by atoms with Gasteiger partial charge in [-0.15, -0.1) is 11.6 Å². The second-order valence-corrected chi connectivity index (χ2v) is 2.46. The Labute approximate surface area is 89.6 Å². The van der Waals surface area contributed by atoms with Gasteiger partial charge in [0.15, 0.2) is 0 Å². The van der Waals surface area contributed by atoms with Crippen molar-refractivity contribution in [3.63, 3.8) is 0 Å². The third kappa shape index (κ3) is 3.11. The molecule has 0 unspecified atom stereocenters. The topological polar surface area (TPSA) is 0 Å². The molecule has 0 saturated heterocycles. The normalized spacial score (nSPS) is 8.60. The number of hydrogen-bond acceptors (Lipinski definition) is 0. The van der Waals surface area contributed by atoms with Crippen LogP contribution in [0.2, 0.25) is 5.02 Å². The Balaban J connectivity index is -0.000000270. The average Bonchev–Trinajstić information content (AvgIpc) is 1.90. The molecule has 0 radical (unpaired) electrons. The Kier molecular flexibility index (Phi) is 5.54. The zero-order valence-electron chi connectivity index (χ0n) is 7.48. The summed E-state index contributed by atoms with van der Waals surface area (Å²) >= 11 is 11.2. The van der Waals surface area contributed by atoms with E-state index in [9.17, 15) is 0 Å². The molecular formula is C7H8Cl2Mg. The van der Waals surface area contributed by atoms with Crippen LogP contribution in [0.5, 0.6) is 0 Å². The van der Waals surface area contributed by atoms with Gasteiger partial charge in [-0.2, -0.15) is 0 Å². The molecule has 10 heavy (non-hydrogen) atoms. The number of hydrogen-bond donors (Lipinski definition) is 0. The van der Waals surface area contributed by atoms with Gasteiger partial charge in [-0.05, 0) is 17.7 Å². The second kappa shape index (κ2) is 5.25. The van der Waals surface area contributed by atoms with Crippen LogP contribution in [-0.2, 0) is 5.88 Å². The zero-order valence-corrected chi connectivity index (χ0v) is 8.41. The van der Waals surface area contributed by atoms with E-state index in [1.807, 2.05) is 24.3 Å². The molecule has 0 aliphatic rings. The Bertz CT molecular complexity index is 191. The molecule has 3 heteroatoms. The Hall–Kier alpha value is 0.566. The molecule has 0 saturated carbocycles. The minimum atomic E-state index is 0. The largest absolute Gasteiger partial charge is 2.00 e. The summed E-state index contributed by atoms with van der Waals surface area (Å²) in [7, 11) is 0. The van der Waals surface area contributed by atoms with Crippen LogP contribution in [0.3, 0.4) is 0 Å². The van der Waals surface area contributed by atoms with Crippen LogP contribution >= 0.6 is 23.2 Å². The maximum absolute atomic E-state index is 5.63. The molecule has 0 fully saturated rings. The number of rotatable bonds is 1. The minimum absolute atomic E-state index is 0. The molecule has 1 aromatic carbocycles.